The summed E-state index contributed by atoms with van der Waals surface area (Å²) >= 11 is 1.60. The molecule has 1 aromatic carbocycles. The Bertz CT molecular complexity index is 761. The molecule has 4 nitrogen and oxygen atoms in total. The molecule has 3 heterocycles. The number of aromatic nitrogens is 2. The Balaban J connectivity index is 1.31. The summed E-state index contributed by atoms with van der Waals surface area (Å²) in [6.07, 6.45) is 5.03. The first kappa shape index (κ1) is 15.8. The predicted octanol–water partition coefficient (Wildman–Crippen LogP) is 3.46. The quantitative estimate of drug-likeness (QED) is 0.845. The van der Waals surface area contributed by atoms with Crippen LogP contribution in [-0.4, -0.2) is 47.5 Å². The first-order valence-electron chi connectivity index (χ1n) is 9.44. The van der Waals surface area contributed by atoms with E-state index in [2.05, 4.69) is 48.0 Å². The van der Waals surface area contributed by atoms with E-state index < -0.39 is 0 Å². The van der Waals surface area contributed by atoms with Gasteiger partial charge in [-0.15, -0.1) is 0 Å². The Hall–Kier alpha value is -1.46. The molecule has 25 heavy (non-hydrogen) atoms. The van der Waals surface area contributed by atoms with Gasteiger partial charge in [0.15, 0.2) is 5.82 Å². The zero-order chi connectivity index (χ0) is 17.1. The lowest BCUT2D eigenvalue weighted by Gasteiger charge is -2.53. The lowest BCUT2D eigenvalue weighted by molar-refractivity contribution is 0.0906. The summed E-state index contributed by atoms with van der Waals surface area (Å²) in [5, 5.41) is 1.14. The number of benzene rings is 1. The molecule has 1 spiro atoms. The minimum absolute atomic E-state index is 0.0958. The van der Waals surface area contributed by atoms with Gasteiger partial charge in [-0.05, 0) is 58.3 Å². The van der Waals surface area contributed by atoms with Crippen molar-refractivity contribution in [2.75, 3.05) is 38.1 Å². The highest BCUT2D eigenvalue weighted by molar-refractivity contribution is 7.09. The molecule has 3 fully saturated rings. The molecule has 2 saturated heterocycles. The Morgan fingerprint density at radius 1 is 1.00 bits per heavy atom. The molecule has 3 aliphatic rings. The molecule has 0 atom stereocenters. The van der Waals surface area contributed by atoms with Crippen molar-refractivity contribution in [3.63, 3.8) is 0 Å². The molecular formula is C20H26N4S. The highest BCUT2D eigenvalue weighted by Crippen LogP contribution is 2.53. The molecule has 5 rings (SSSR count). The van der Waals surface area contributed by atoms with Gasteiger partial charge >= 0.3 is 0 Å². The van der Waals surface area contributed by atoms with E-state index in [0.717, 1.165) is 11.0 Å². The van der Waals surface area contributed by atoms with Crippen LogP contribution in [-0.2, 0) is 5.41 Å². The Morgan fingerprint density at radius 3 is 2.32 bits per heavy atom. The molecule has 5 heteroatoms. The fraction of sp³-hybridized carbons (Fsp3) is 0.600. The van der Waals surface area contributed by atoms with Gasteiger partial charge < -0.3 is 9.80 Å². The average Bonchev–Trinajstić information content (AvgIpc) is 3.25. The number of hydrogen-bond donors (Lipinski definition) is 0. The Kier molecular flexibility index (Phi) is 3.48. The number of aryl methyl sites for hydroxylation is 1. The molecule has 2 aliphatic heterocycles. The van der Waals surface area contributed by atoms with E-state index in [4.69, 9.17) is 9.36 Å². The molecule has 1 aliphatic carbocycles. The summed E-state index contributed by atoms with van der Waals surface area (Å²) in [5.41, 5.74) is 3.35. The third kappa shape index (κ3) is 2.59. The van der Waals surface area contributed by atoms with Crippen LogP contribution in [0.5, 0.6) is 0 Å². The lowest BCUT2D eigenvalue weighted by atomic mass is 9.72. The first-order valence-corrected chi connectivity index (χ1v) is 10.2. The molecule has 1 aromatic heterocycles. The predicted molar refractivity (Wildman–Crippen MR) is 102 cm³/mol. The molecule has 1 saturated carbocycles. The number of nitrogens with zero attached hydrogens (tertiary/aromatic N) is 4. The molecule has 0 N–H and O–H groups in total. The zero-order valence-corrected chi connectivity index (χ0v) is 16.0. The molecule has 132 valence electrons. The second-order valence-electron chi connectivity index (χ2n) is 8.51. The summed E-state index contributed by atoms with van der Waals surface area (Å²) < 4.78 is 4.78. The number of rotatable bonds is 3. The second-order valence-corrected chi connectivity index (χ2v) is 9.24. The maximum absolute atomic E-state index is 4.98. The lowest BCUT2D eigenvalue weighted by Crippen LogP contribution is -2.60. The Morgan fingerprint density at radius 2 is 1.68 bits per heavy atom. The molecule has 0 radical (unpaired) electrons. The monoisotopic (exact) mass is 354 g/mol. The third-order valence-corrected chi connectivity index (χ3v) is 7.35. The zero-order valence-electron chi connectivity index (χ0n) is 15.2. The second kappa shape index (κ2) is 5.52. The SMILES string of the molecule is Cc1ccc(C2(c3nsc(N4CC5(CCN(C)CC5)C4)n3)CC2)cc1. The van der Waals surface area contributed by atoms with Gasteiger partial charge in [-0.1, -0.05) is 29.8 Å². The minimum Gasteiger partial charge on any atom is -0.346 e. The summed E-state index contributed by atoms with van der Waals surface area (Å²) in [6.45, 7) is 6.97. The minimum atomic E-state index is 0.0958. The fourth-order valence-corrected chi connectivity index (χ4v) is 5.24. The molecule has 2 aromatic rings. The highest BCUT2D eigenvalue weighted by atomic mass is 32.1. The van der Waals surface area contributed by atoms with E-state index in [1.54, 1.807) is 11.5 Å². The van der Waals surface area contributed by atoms with Gasteiger partial charge in [0.1, 0.15) is 0 Å². The van der Waals surface area contributed by atoms with Crippen LogP contribution in [0.25, 0.3) is 0 Å². The van der Waals surface area contributed by atoms with Crippen molar-refractivity contribution in [1.29, 1.82) is 0 Å². The standard InChI is InChI=1S/C20H26N4S/c1-15-3-5-16(6-4-15)20(7-8-20)17-21-18(25-22-17)24-13-19(14-24)9-11-23(2)12-10-19/h3-6H,7-14H2,1-2H3. The summed E-state index contributed by atoms with van der Waals surface area (Å²) in [7, 11) is 2.24. The fourth-order valence-electron chi connectivity index (χ4n) is 4.49. The van der Waals surface area contributed by atoms with Crippen LogP contribution in [0.4, 0.5) is 5.13 Å². The van der Waals surface area contributed by atoms with Crippen LogP contribution >= 0.6 is 11.5 Å². The maximum atomic E-state index is 4.98. The molecular weight excluding hydrogens is 328 g/mol. The van der Waals surface area contributed by atoms with Crippen molar-refractivity contribution < 1.29 is 0 Å². The topological polar surface area (TPSA) is 32.3 Å². The van der Waals surface area contributed by atoms with Crippen molar-refractivity contribution in [1.82, 2.24) is 14.3 Å². The van der Waals surface area contributed by atoms with E-state index >= 15 is 0 Å². The van der Waals surface area contributed by atoms with Crippen LogP contribution in [0.1, 0.15) is 42.6 Å². The first-order chi connectivity index (χ1) is 12.1. The van der Waals surface area contributed by atoms with Crippen molar-refractivity contribution >= 4 is 16.7 Å². The van der Waals surface area contributed by atoms with Gasteiger partial charge in [0.2, 0.25) is 5.13 Å². The summed E-state index contributed by atoms with van der Waals surface area (Å²) in [5.74, 6) is 1.06. The van der Waals surface area contributed by atoms with Crippen molar-refractivity contribution in [3.05, 3.63) is 41.2 Å². The van der Waals surface area contributed by atoms with Gasteiger partial charge in [-0.2, -0.15) is 4.37 Å². The molecule has 0 amide bonds. The van der Waals surface area contributed by atoms with Crippen LogP contribution in [0.15, 0.2) is 24.3 Å². The van der Waals surface area contributed by atoms with Crippen LogP contribution in [0, 0.1) is 12.3 Å². The van der Waals surface area contributed by atoms with E-state index in [9.17, 15) is 0 Å². The maximum Gasteiger partial charge on any atom is 0.205 e. The molecule has 0 unspecified atom stereocenters. The van der Waals surface area contributed by atoms with Crippen LogP contribution in [0.3, 0.4) is 0 Å². The van der Waals surface area contributed by atoms with Gasteiger partial charge in [-0.25, -0.2) is 4.98 Å². The van der Waals surface area contributed by atoms with Crippen molar-refractivity contribution in [2.45, 2.75) is 38.0 Å². The Labute approximate surface area is 154 Å². The summed E-state index contributed by atoms with van der Waals surface area (Å²) in [6, 6.07) is 8.95. The average molecular weight is 355 g/mol. The van der Waals surface area contributed by atoms with Gasteiger partial charge in [0.25, 0.3) is 0 Å². The number of hydrogen-bond acceptors (Lipinski definition) is 5. The van der Waals surface area contributed by atoms with Crippen molar-refractivity contribution in [2.24, 2.45) is 5.41 Å². The number of likely N-dealkylation sites (tertiary alicyclic amines) is 1. The van der Waals surface area contributed by atoms with Crippen molar-refractivity contribution in [3.8, 4) is 0 Å². The van der Waals surface area contributed by atoms with Crippen LogP contribution < -0.4 is 4.90 Å². The number of piperidine rings is 1. The van der Waals surface area contributed by atoms with E-state index in [-0.39, 0.29) is 5.41 Å². The van der Waals surface area contributed by atoms with E-state index in [1.165, 1.54) is 63.0 Å². The largest absolute Gasteiger partial charge is 0.346 e. The summed E-state index contributed by atoms with van der Waals surface area (Å²) in [4.78, 5) is 9.89. The third-order valence-electron chi connectivity index (χ3n) is 6.57. The van der Waals surface area contributed by atoms with E-state index in [1.807, 2.05) is 0 Å². The highest BCUT2D eigenvalue weighted by Gasteiger charge is 2.50. The normalized spacial score (nSPS) is 24.3. The molecule has 0 bridgehead atoms. The van der Waals surface area contributed by atoms with Gasteiger partial charge in [-0.3, -0.25) is 0 Å². The van der Waals surface area contributed by atoms with Gasteiger partial charge in [0.05, 0.1) is 5.41 Å². The smallest absolute Gasteiger partial charge is 0.205 e. The van der Waals surface area contributed by atoms with E-state index in [0.29, 0.717) is 5.41 Å². The number of anilines is 1. The van der Waals surface area contributed by atoms with Gasteiger partial charge in [0, 0.05) is 30.0 Å². The van der Waals surface area contributed by atoms with Crippen LogP contribution in [0.2, 0.25) is 0 Å².